The van der Waals surface area contributed by atoms with Crippen LogP contribution in [0.4, 0.5) is 0 Å². The minimum atomic E-state index is 0.275. The summed E-state index contributed by atoms with van der Waals surface area (Å²) in [5.74, 6) is 0.837. The maximum Gasteiger partial charge on any atom is 0.162 e. The molecule has 0 bridgehead atoms. The summed E-state index contributed by atoms with van der Waals surface area (Å²) in [5.41, 5.74) is 1.08. The van der Waals surface area contributed by atoms with Gasteiger partial charge in [0, 0.05) is 31.6 Å². The minimum Gasteiger partial charge on any atom is -0.462 e. The predicted molar refractivity (Wildman–Crippen MR) is 78.8 cm³/mol. The molecule has 0 amide bonds. The van der Waals surface area contributed by atoms with Crippen molar-refractivity contribution in [1.82, 2.24) is 15.2 Å². The molecule has 20 heavy (non-hydrogen) atoms. The monoisotopic (exact) mass is 293 g/mol. The molecule has 1 fully saturated rings. The Kier molecular flexibility index (Phi) is 4.47. The molecule has 1 unspecified atom stereocenters. The first-order chi connectivity index (χ1) is 9.81. The average molecular weight is 293 g/mol. The molecule has 3 rings (SSSR count). The normalized spacial score (nSPS) is 19.6. The summed E-state index contributed by atoms with van der Waals surface area (Å²) in [6, 6.07) is 3.82. The molecule has 5 nitrogen and oxygen atoms in total. The van der Waals surface area contributed by atoms with Gasteiger partial charge in [-0.2, -0.15) is 0 Å². The molecular weight excluding hydrogens is 274 g/mol. The second-order valence-electron chi connectivity index (χ2n) is 5.01. The van der Waals surface area contributed by atoms with Crippen molar-refractivity contribution in [1.29, 1.82) is 0 Å². The highest BCUT2D eigenvalue weighted by Crippen LogP contribution is 2.24. The first-order valence-corrected chi connectivity index (χ1v) is 7.68. The number of ether oxygens (including phenoxy) is 1. The molecule has 1 saturated heterocycles. The number of furan rings is 1. The van der Waals surface area contributed by atoms with Crippen LogP contribution in [0.1, 0.15) is 5.69 Å². The topological polar surface area (TPSA) is 50.5 Å². The predicted octanol–water partition coefficient (Wildman–Crippen LogP) is 1.82. The van der Waals surface area contributed by atoms with Crippen molar-refractivity contribution in [2.24, 2.45) is 0 Å². The summed E-state index contributed by atoms with van der Waals surface area (Å²) < 4.78 is 11.1. The van der Waals surface area contributed by atoms with Crippen LogP contribution in [-0.2, 0) is 11.3 Å². The van der Waals surface area contributed by atoms with Gasteiger partial charge in [0.1, 0.15) is 0 Å². The molecule has 0 saturated carbocycles. The van der Waals surface area contributed by atoms with Crippen LogP contribution in [0.5, 0.6) is 0 Å². The number of rotatable bonds is 5. The molecule has 0 spiro atoms. The zero-order chi connectivity index (χ0) is 13.8. The Morgan fingerprint density at radius 2 is 2.50 bits per heavy atom. The van der Waals surface area contributed by atoms with E-state index in [4.69, 9.17) is 9.15 Å². The quantitative estimate of drug-likeness (QED) is 0.911. The summed E-state index contributed by atoms with van der Waals surface area (Å²) >= 11 is 1.62. The van der Waals surface area contributed by atoms with E-state index in [9.17, 15) is 0 Å². The highest BCUT2D eigenvalue weighted by Gasteiger charge is 2.16. The number of morpholine rings is 1. The largest absolute Gasteiger partial charge is 0.462 e. The van der Waals surface area contributed by atoms with Crippen LogP contribution >= 0.6 is 11.3 Å². The summed E-state index contributed by atoms with van der Waals surface area (Å²) in [6.07, 6.45) is 1.95. The van der Waals surface area contributed by atoms with Gasteiger partial charge in [-0.15, -0.1) is 11.3 Å². The standard InChI is InChI=1S/C14H19N3O2S/c1-17(9-12-7-15-4-6-18-12)8-11-10-20-14(16-11)13-3-2-5-19-13/h2-3,5,10,12,15H,4,6-9H2,1H3. The lowest BCUT2D eigenvalue weighted by Gasteiger charge is -2.27. The van der Waals surface area contributed by atoms with Gasteiger partial charge >= 0.3 is 0 Å². The summed E-state index contributed by atoms with van der Waals surface area (Å²) in [4.78, 5) is 6.86. The van der Waals surface area contributed by atoms with Crippen molar-refractivity contribution in [3.8, 4) is 10.8 Å². The van der Waals surface area contributed by atoms with Crippen LogP contribution in [0.25, 0.3) is 10.8 Å². The fourth-order valence-corrected chi connectivity index (χ4v) is 3.10. The molecule has 0 aromatic carbocycles. The van der Waals surface area contributed by atoms with E-state index in [0.29, 0.717) is 0 Å². The summed E-state index contributed by atoms with van der Waals surface area (Å²) in [6.45, 7) is 4.44. The highest BCUT2D eigenvalue weighted by atomic mass is 32.1. The van der Waals surface area contributed by atoms with Gasteiger partial charge in [0.05, 0.1) is 24.7 Å². The van der Waals surface area contributed by atoms with Gasteiger partial charge < -0.3 is 14.5 Å². The fraction of sp³-hybridized carbons (Fsp3) is 0.500. The third-order valence-electron chi connectivity index (χ3n) is 3.24. The minimum absolute atomic E-state index is 0.275. The van der Waals surface area contributed by atoms with Gasteiger partial charge in [-0.25, -0.2) is 4.98 Å². The maximum absolute atomic E-state index is 5.71. The third-order valence-corrected chi connectivity index (χ3v) is 4.14. The number of hydrogen-bond donors (Lipinski definition) is 1. The molecule has 1 aliphatic rings. The number of aromatic nitrogens is 1. The van der Waals surface area contributed by atoms with E-state index in [1.165, 1.54) is 0 Å². The Morgan fingerprint density at radius 3 is 3.25 bits per heavy atom. The van der Waals surface area contributed by atoms with Crippen LogP contribution in [0.3, 0.4) is 0 Å². The molecule has 1 atom stereocenters. The second kappa shape index (κ2) is 6.49. The highest BCUT2D eigenvalue weighted by molar-refractivity contribution is 7.13. The van der Waals surface area contributed by atoms with Crippen LogP contribution in [-0.4, -0.2) is 49.3 Å². The zero-order valence-corrected chi connectivity index (χ0v) is 12.4. The molecule has 1 N–H and O–H groups in total. The molecule has 108 valence electrons. The van der Waals surface area contributed by atoms with Crippen molar-refractivity contribution >= 4 is 11.3 Å². The van der Waals surface area contributed by atoms with Gasteiger partial charge in [0.25, 0.3) is 0 Å². The third kappa shape index (κ3) is 3.46. The van der Waals surface area contributed by atoms with Crippen LogP contribution < -0.4 is 5.32 Å². The molecule has 3 heterocycles. The lowest BCUT2D eigenvalue weighted by atomic mass is 10.3. The van der Waals surface area contributed by atoms with Gasteiger partial charge in [-0.05, 0) is 19.2 Å². The molecule has 0 radical (unpaired) electrons. The number of nitrogens with zero attached hydrogens (tertiary/aromatic N) is 2. The Hall–Kier alpha value is -1.21. The van der Waals surface area contributed by atoms with Gasteiger partial charge in [-0.3, -0.25) is 4.90 Å². The van der Waals surface area contributed by atoms with Gasteiger partial charge in [0.2, 0.25) is 0 Å². The molecule has 0 aliphatic carbocycles. The summed E-state index contributed by atoms with van der Waals surface area (Å²) in [5, 5.41) is 6.38. The Bertz CT molecular complexity index is 520. The molecular formula is C14H19N3O2S. The smallest absolute Gasteiger partial charge is 0.162 e. The lowest BCUT2D eigenvalue weighted by Crippen LogP contribution is -2.44. The lowest BCUT2D eigenvalue weighted by molar-refractivity contribution is 0.00870. The zero-order valence-electron chi connectivity index (χ0n) is 11.5. The summed E-state index contributed by atoms with van der Waals surface area (Å²) in [7, 11) is 2.10. The Labute approximate surface area is 122 Å². The molecule has 1 aliphatic heterocycles. The van der Waals surface area contributed by atoms with Crippen molar-refractivity contribution in [3.63, 3.8) is 0 Å². The van der Waals surface area contributed by atoms with Crippen molar-refractivity contribution in [2.45, 2.75) is 12.6 Å². The van der Waals surface area contributed by atoms with E-state index >= 15 is 0 Å². The molecule has 6 heteroatoms. The second-order valence-corrected chi connectivity index (χ2v) is 5.87. The Balaban J connectivity index is 1.54. The van der Waals surface area contributed by atoms with Crippen LogP contribution in [0.2, 0.25) is 0 Å². The van der Waals surface area contributed by atoms with E-state index in [-0.39, 0.29) is 6.10 Å². The van der Waals surface area contributed by atoms with Gasteiger partial charge in [0.15, 0.2) is 10.8 Å². The van der Waals surface area contributed by atoms with E-state index in [1.807, 2.05) is 12.1 Å². The first-order valence-electron chi connectivity index (χ1n) is 6.80. The average Bonchev–Trinajstić information content (AvgIpc) is 3.10. The molecule has 2 aromatic rings. The van der Waals surface area contributed by atoms with E-state index in [2.05, 4.69) is 27.6 Å². The number of nitrogens with one attached hydrogen (secondary N) is 1. The Morgan fingerprint density at radius 1 is 1.55 bits per heavy atom. The number of likely N-dealkylation sites (N-methyl/N-ethyl adjacent to an activating group) is 1. The van der Waals surface area contributed by atoms with Gasteiger partial charge in [-0.1, -0.05) is 0 Å². The van der Waals surface area contributed by atoms with Crippen LogP contribution in [0, 0.1) is 0 Å². The number of thiazole rings is 1. The van der Waals surface area contributed by atoms with E-state index in [1.54, 1.807) is 17.6 Å². The fourth-order valence-electron chi connectivity index (χ4n) is 2.32. The van der Waals surface area contributed by atoms with Crippen LogP contribution in [0.15, 0.2) is 28.2 Å². The van der Waals surface area contributed by atoms with E-state index < -0.39 is 0 Å². The SMILES string of the molecule is CN(Cc1csc(-c2ccco2)n1)CC1CNCCO1. The van der Waals surface area contributed by atoms with Crippen molar-refractivity contribution < 1.29 is 9.15 Å². The molecule has 2 aromatic heterocycles. The number of hydrogen-bond acceptors (Lipinski definition) is 6. The first kappa shape index (κ1) is 13.8. The van der Waals surface area contributed by atoms with Crippen molar-refractivity contribution in [3.05, 3.63) is 29.5 Å². The van der Waals surface area contributed by atoms with Crippen molar-refractivity contribution in [2.75, 3.05) is 33.3 Å². The maximum atomic E-state index is 5.71. The van der Waals surface area contributed by atoms with E-state index in [0.717, 1.165) is 49.2 Å².